The van der Waals surface area contributed by atoms with Gasteiger partial charge >= 0.3 is 0 Å². The van der Waals surface area contributed by atoms with Gasteiger partial charge in [0.05, 0.1) is 21.8 Å². The van der Waals surface area contributed by atoms with Gasteiger partial charge in [0.15, 0.2) is 0 Å². The second-order valence-corrected chi connectivity index (χ2v) is 11.2. The molecule has 2 aromatic carbocycles. The van der Waals surface area contributed by atoms with E-state index in [1.165, 1.54) is 29.7 Å². The number of pyridine rings is 1. The first-order valence-electron chi connectivity index (χ1n) is 12.5. The number of nitrogens with one attached hydrogen (secondary N) is 2. The van der Waals surface area contributed by atoms with E-state index in [-0.39, 0.29) is 34.7 Å². The van der Waals surface area contributed by atoms with Crippen molar-refractivity contribution >= 4 is 56.4 Å². The molecule has 39 heavy (non-hydrogen) atoms. The van der Waals surface area contributed by atoms with E-state index in [0.717, 1.165) is 34.9 Å². The lowest BCUT2D eigenvalue weighted by atomic mass is 10.1. The zero-order valence-corrected chi connectivity index (χ0v) is 22.9. The third-order valence-corrected chi connectivity index (χ3v) is 8.54. The molecule has 2 aliphatic rings. The van der Waals surface area contributed by atoms with Crippen molar-refractivity contribution in [1.82, 2.24) is 10.3 Å². The molecule has 6 rings (SSSR count). The summed E-state index contributed by atoms with van der Waals surface area (Å²) in [4.78, 5) is 46.2. The molecule has 1 aliphatic carbocycles. The monoisotopic (exact) mass is 604 g/mol. The number of carbonyl (C=O) groups excluding carboxylic acids is 3. The molecule has 3 amide bonds. The Hall–Kier alpha value is -3.89. The zero-order valence-electron chi connectivity index (χ0n) is 20.5. The highest BCUT2D eigenvalue weighted by atomic mass is 79.9. The van der Waals surface area contributed by atoms with E-state index in [4.69, 9.17) is 0 Å². The molecule has 0 bridgehead atoms. The minimum absolute atomic E-state index is 0.0391. The fourth-order valence-corrected chi connectivity index (χ4v) is 6.13. The Labute approximate surface area is 236 Å². The van der Waals surface area contributed by atoms with Gasteiger partial charge in [0.2, 0.25) is 0 Å². The van der Waals surface area contributed by atoms with Crippen molar-refractivity contribution < 1.29 is 18.8 Å². The molecule has 0 saturated heterocycles. The van der Waals surface area contributed by atoms with E-state index in [1.54, 1.807) is 17.0 Å². The maximum atomic E-state index is 15.1. The molecular formula is C29H22BrFN4O3S. The molecule has 0 spiro atoms. The molecule has 3 heterocycles. The zero-order chi connectivity index (χ0) is 27.1. The lowest BCUT2D eigenvalue weighted by Gasteiger charge is -2.23. The van der Waals surface area contributed by atoms with Gasteiger partial charge in [-0.05, 0) is 83.2 Å². The standard InChI is InChI=1S/C29H22BrFN4O3S/c30-26-20(5-3-12-32-26)27(36)34-22-10-7-17(14-21(22)31)29(38)35-13-11-16-15-24(28(37)33-18-8-9-18)39-25(16)19-4-1-2-6-23(19)35/h1-7,10,12,14-15,18H,8-9,11,13H2,(H,33,37)(H,34,36). The lowest BCUT2D eigenvalue weighted by molar-refractivity contribution is 0.0952. The summed E-state index contributed by atoms with van der Waals surface area (Å²) in [6.45, 7) is 0.373. The van der Waals surface area contributed by atoms with Crippen LogP contribution in [0.1, 0.15) is 48.8 Å². The van der Waals surface area contributed by atoms with Gasteiger partial charge in [-0.1, -0.05) is 18.2 Å². The molecule has 1 saturated carbocycles. The van der Waals surface area contributed by atoms with Crippen LogP contribution in [0.15, 0.2) is 71.5 Å². The summed E-state index contributed by atoms with van der Waals surface area (Å²) >= 11 is 4.65. The fraction of sp³-hybridized carbons (Fsp3) is 0.172. The summed E-state index contributed by atoms with van der Waals surface area (Å²) in [7, 11) is 0. The van der Waals surface area contributed by atoms with E-state index in [1.807, 2.05) is 30.3 Å². The Balaban J connectivity index is 1.25. The molecule has 0 unspecified atom stereocenters. The smallest absolute Gasteiger partial charge is 0.261 e. The van der Waals surface area contributed by atoms with Crippen LogP contribution in [0.4, 0.5) is 15.8 Å². The number of anilines is 2. The number of hydrogen-bond donors (Lipinski definition) is 2. The molecule has 196 valence electrons. The SMILES string of the molecule is O=C(NC1CC1)c1cc2c(s1)-c1ccccc1N(C(=O)c1ccc(NC(=O)c3cccnc3Br)c(F)c1)CC2. The molecule has 1 fully saturated rings. The summed E-state index contributed by atoms with van der Waals surface area (Å²) in [5.41, 5.74) is 2.96. The summed E-state index contributed by atoms with van der Waals surface area (Å²) in [6, 6.07) is 17.0. The van der Waals surface area contributed by atoms with Crippen molar-refractivity contribution in [3.05, 3.63) is 98.8 Å². The molecule has 10 heteroatoms. The second-order valence-electron chi connectivity index (χ2n) is 9.43. The van der Waals surface area contributed by atoms with Crippen molar-refractivity contribution in [3.8, 4) is 10.4 Å². The lowest BCUT2D eigenvalue weighted by Crippen LogP contribution is -2.32. The number of rotatable bonds is 5. The molecule has 7 nitrogen and oxygen atoms in total. The number of halogens is 2. The first-order chi connectivity index (χ1) is 18.9. The van der Waals surface area contributed by atoms with Crippen LogP contribution in [0.25, 0.3) is 10.4 Å². The van der Waals surface area contributed by atoms with Crippen LogP contribution >= 0.6 is 27.3 Å². The van der Waals surface area contributed by atoms with Crippen LogP contribution in [-0.4, -0.2) is 35.3 Å². The van der Waals surface area contributed by atoms with Gasteiger partial charge in [-0.25, -0.2) is 9.37 Å². The minimum Gasteiger partial charge on any atom is -0.349 e. The van der Waals surface area contributed by atoms with Crippen LogP contribution in [0, 0.1) is 5.82 Å². The van der Waals surface area contributed by atoms with Crippen LogP contribution < -0.4 is 15.5 Å². The maximum absolute atomic E-state index is 15.1. The Morgan fingerprint density at radius 3 is 2.62 bits per heavy atom. The minimum atomic E-state index is -0.720. The van der Waals surface area contributed by atoms with Crippen LogP contribution in [0.2, 0.25) is 0 Å². The predicted molar refractivity (Wildman–Crippen MR) is 152 cm³/mol. The van der Waals surface area contributed by atoms with Crippen LogP contribution in [-0.2, 0) is 6.42 Å². The Morgan fingerprint density at radius 2 is 1.85 bits per heavy atom. The molecule has 1 aliphatic heterocycles. The highest BCUT2D eigenvalue weighted by molar-refractivity contribution is 9.10. The average molecular weight is 605 g/mol. The number of hydrogen-bond acceptors (Lipinski definition) is 5. The average Bonchev–Trinajstić information content (AvgIpc) is 3.68. The second kappa shape index (κ2) is 10.3. The van der Waals surface area contributed by atoms with Crippen molar-refractivity contribution in [3.63, 3.8) is 0 Å². The number of fused-ring (bicyclic) bond motifs is 3. The van der Waals surface area contributed by atoms with Crippen molar-refractivity contribution in [2.75, 3.05) is 16.8 Å². The molecule has 0 radical (unpaired) electrons. The van der Waals surface area contributed by atoms with Gasteiger partial charge < -0.3 is 15.5 Å². The fourth-order valence-electron chi connectivity index (χ4n) is 4.55. The van der Waals surface area contributed by atoms with E-state index >= 15 is 4.39 Å². The number of thiophene rings is 1. The highest BCUT2D eigenvalue weighted by Crippen LogP contribution is 2.42. The third kappa shape index (κ3) is 5.09. The third-order valence-electron chi connectivity index (χ3n) is 6.70. The molecular weight excluding hydrogens is 583 g/mol. The summed E-state index contributed by atoms with van der Waals surface area (Å²) in [5.74, 6) is -1.65. The highest BCUT2D eigenvalue weighted by Gasteiger charge is 2.29. The summed E-state index contributed by atoms with van der Waals surface area (Å²) in [6.07, 6.45) is 4.13. The topological polar surface area (TPSA) is 91.4 Å². The summed E-state index contributed by atoms with van der Waals surface area (Å²) in [5, 5.41) is 5.58. The number of nitrogens with zero attached hydrogens (tertiary/aromatic N) is 2. The van der Waals surface area contributed by atoms with Crippen molar-refractivity contribution in [1.29, 1.82) is 0 Å². The van der Waals surface area contributed by atoms with E-state index < -0.39 is 11.7 Å². The molecule has 2 aromatic heterocycles. The summed E-state index contributed by atoms with van der Waals surface area (Å²) < 4.78 is 15.4. The molecule has 2 N–H and O–H groups in total. The Bertz CT molecular complexity index is 1630. The van der Waals surface area contributed by atoms with Gasteiger partial charge in [0, 0.05) is 34.8 Å². The van der Waals surface area contributed by atoms with E-state index in [9.17, 15) is 14.4 Å². The normalized spacial score (nSPS) is 14.2. The van der Waals surface area contributed by atoms with E-state index in [2.05, 4.69) is 31.5 Å². The van der Waals surface area contributed by atoms with Crippen LogP contribution in [0.5, 0.6) is 0 Å². The van der Waals surface area contributed by atoms with Gasteiger partial charge in [-0.15, -0.1) is 11.3 Å². The number of carbonyl (C=O) groups is 3. The Morgan fingerprint density at radius 1 is 1.03 bits per heavy atom. The van der Waals surface area contributed by atoms with Crippen molar-refractivity contribution in [2.45, 2.75) is 25.3 Å². The first-order valence-corrected chi connectivity index (χ1v) is 14.1. The van der Waals surface area contributed by atoms with Gasteiger partial charge in [0.25, 0.3) is 17.7 Å². The number of aromatic nitrogens is 1. The predicted octanol–water partition coefficient (Wildman–Crippen LogP) is 6.06. The van der Waals surface area contributed by atoms with Crippen molar-refractivity contribution in [2.24, 2.45) is 0 Å². The van der Waals surface area contributed by atoms with Gasteiger partial charge in [-0.2, -0.15) is 0 Å². The number of benzene rings is 2. The molecule has 4 aromatic rings. The van der Waals surface area contributed by atoms with Gasteiger partial charge in [0.1, 0.15) is 10.4 Å². The quantitative estimate of drug-likeness (QED) is 0.271. The van der Waals surface area contributed by atoms with Gasteiger partial charge in [-0.3, -0.25) is 14.4 Å². The Kier molecular flexibility index (Phi) is 6.74. The molecule has 0 atom stereocenters. The first kappa shape index (κ1) is 25.4. The maximum Gasteiger partial charge on any atom is 0.261 e. The van der Waals surface area contributed by atoms with E-state index in [0.29, 0.717) is 28.1 Å². The largest absolute Gasteiger partial charge is 0.349 e. The number of para-hydroxylation sites is 1. The number of amides is 3. The van der Waals surface area contributed by atoms with Crippen LogP contribution in [0.3, 0.4) is 0 Å².